The number of aromatic nitrogens is 1. The van der Waals surface area contributed by atoms with Crippen LogP contribution in [0.25, 0.3) is 0 Å². The highest BCUT2D eigenvalue weighted by Gasteiger charge is 2.25. The number of sulfonamides is 1. The van der Waals surface area contributed by atoms with Crippen molar-refractivity contribution >= 4 is 33.3 Å². The number of nitrogens with zero attached hydrogens (tertiary/aromatic N) is 2. The molecule has 8 heteroatoms. The van der Waals surface area contributed by atoms with E-state index < -0.39 is 15.9 Å². The molecule has 2 aromatic rings. The van der Waals surface area contributed by atoms with E-state index in [1.165, 1.54) is 22.5 Å². The zero-order valence-electron chi connectivity index (χ0n) is 14.3. The summed E-state index contributed by atoms with van der Waals surface area (Å²) >= 11 is 6.07. The Morgan fingerprint density at radius 2 is 1.88 bits per heavy atom. The quantitative estimate of drug-likeness (QED) is 0.832. The summed E-state index contributed by atoms with van der Waals surface area (Å²) in [6.45, 7) is 6.02. The standard InChI is InChI=1S/C17H20ClN3O3S/c1-4-21(5-2)25(23,24)15-10-13(7-8-14(15)18)17(22)20-16-9-6-12(3)11-19-16/h6-11H,4-5H2,1-3H3,(H,19,20,22). The van der Waals surface area contributed by atoms with Crippen LogP contribution in [0.4, 0.5) is 5.82 Å². The van der Waals surface area contributed by atoms with E-state index in [0.717, 1.165) is 5.56 Å². The Hall–Kier alpha value is -1.96. The Morgan fingerprint density at radius 1 is 1.20 bits per heavy atom. The van der Waals surface area contributed by atoms with Crippen LogP contribution in [0.5, 0.6) is 0 Å². The number of hydrogen-bond donors (Lipinski definition) is 1. The molecular weight excluding hydrogens is 362 g/mol. The highest BCUT2D eigenvalue weighted by Crippen LogP contribution is 2.26. The Labute approximate surface area is 152 Å². The molecule has 0 radical (unpaired) electrons. The van der Waals surface area contributed by atoms with Crippen molar-refractivity contribution in [1.29, 1.82) is 0 Å². The van der Waals surface area contributed by atoms with Gasteiger partial charge in [0.05, 0.1) is 5.02 Å². The number of rotatable bonds is 6. The minimum absolute atomic E-state index is 0.0805. The summed E-state index contributed by atoms with van der Waals surface area (Å²) < 4.78 is 26.7. The topological polar surface area (TPSA) is 79.4 Å². The molecule has 1 heterocycles. The van der Waals surface area contributed by atoms with Crippen LogP contribution in [0.1, 0.15) is 29.8 Å². The van der Waals surface area contributed by atoms with Gasteiger partial charge in [-0.05, 0) is 36.8 Å². The predicted octanol–water partition coefficient (Wildman–Crippen LogP) is 3.33. The molecule has 0 saturated carbocycles. The Morgan fingerprint density at radius 3 is 2.44 bits per heavy atom. The third-order valence-corrected chi connectivity index (χ3v) is 6.20. The van der Waals surface area contributed by atoms with Crippen LogP contribution in [-0.4, -0.2) is 36.7 Å². The molecule has 1 N–H and O–H groups in total. The minimum Gasteiger partial charge on any atom is -0.307 e. The molecule has 6 nitrogen and oxygen atoms in total. The van der Waals surface area contributed by atoms with Crippen LogP contribution < -0.4 is 5.32 Å². The second kappa shape index (κ2) is 7.95. The van der Waals surface area contributed by atoms with Gasteiger partial charge in [-0.3, -0.25) is 4.79 Å². The lowest BCUT2D eigenvalue weighted by molar-refractivity contribution is 0.102. The average Bonchev–Trinajstić information content (AvgIpc) is 2.58. The largest absolute Gasteiger partial charge is 0.307 e. The Bertz CT molecular complexity index is 863. The van der Waals surface area contributed by atoms with Crippen molar-refractivity contribution in [3.05, 3.63) is 52.7 Å². The van der Waals surface area contributed by atoms with Crippen LogP contribution in [0.3, 0.4) is 0 Å². The molecule has 0 aliphatic carbocycles. The molecule has 134 valence electrons. The van der Waals surface area contributed by atoms with E-state index in [1.807, 2.05) is 13.0 Å². The SMILES string of the molecule is CCN(CC)S(=O)(=O)c1cc(C(=O)Nc2ccc(C)cn2)ccc1Cl. The number of carbonyl (C=O) groups excluding carboxylic acids is 1. The van der Waals surface area contributed by atoms with Gasteiger partial charge in [-0.25, -0.2) is 13.4 Å². The fraction of sp³-hybridized carbons (Fsp3) is 0.294. The van der Waals surface area contributed by atoms with Gasteiger partial charge in [0.25, 0.3) is 5.91 Å². The number of halogens is 1. The number of amides is 1. The van der Waals surface area contributed by atoms with Gasteiger partial charge in [0.15, 0.2) is 0 Å². The van der Waals surface area contributed by atoms with E-state index in [0.29, 0.717) is 18.9 Å². The van der Waals surface area contributed by atoms with Crippen molar-refractivity contribution in [3.63, 3.8) is 0 Å². The van der Waals surface area contributed by atoms with Gasteiger partial charge in [0, 0.05) is 24.8 Å². The van der Waals surface area contributed by atoms with E-state index in [2.05, 4.69) is 10.3 Å². The summed E-state index contributed by atoms with van der Waals surface area (Å²) in [5.74, 6) is -0.0669. The first kappa shape index (κ1) is 19.4. The number of anilines is 1. The second-order valence-electron chi connectivity index (χ2n) is 5.41. The normalized spacial score (nSPS) is 11.6. The molecule has 0 bridgehead atoms. The number of carbonyl (C=O) groups is 1. The third kappa shape index (κ3) is 4.36. The van der Waals surface area contributed by atoms with Gasteiger partial charge in [-0.15, -0.1) is 0 Å². The van der Waals surface area contributed by atoms with Crippen LogP contribution in [-0.2, 0) is 10.0 Å². The van der Waals surface area contributed by atoms with Crippen LogP contribution in [0.15, 0.2) is 41.4 Å². The van der Waals surface area contributed by atoms with Crippen molar-refractivity contribution < 1.29 is 13.2 Å². The number of hydrogen-bond acceptors (Lipinski definition) is 4. The molecule has 1 aromatic heterocycles. The first-order valence-corrected chi connectivity index (χ1v) is 9.65. The molecular formula is C17H20ClN3O3S. The fourth-order valence-corrected chi connectivity index (χ4v) is 4.23. The molecule has 0 saturated heterocycles. The van der Waals surface area contributed by atoms with Gasteiger partial charge in [0.1, 0.15) is 10.7 Å². The zero-order valence-corrected chi connectivity index (χ0v) is 15.9. The summed E-state index contributed by atoms with van der Waals surface area (Å²) in [6.07, 6.45) is 1.63. The van der Waals surface area contributed by atoms with Crippen molar-refractivity contribution in [3.8, 4) is 0 Å². The van der Waals surface area contributed by atoms with E-state index in [-0.39, 0.29) is 15.5 Å². The number of benzene rings is 1. The molecule has 1 amide bonds. The average molecular weight is 382 g/mol. The molecule has 2 rings (SSSR count). The van der Waals surface area contributed by atoms with E-state index in [4.69, 9.17) is 11.6 Å². The smallest absolute Gasteiger partial charge is 0.256 e. The molecule has 25 heavy (non-hydrogen) atoms. The Balaban J connectivity index is 2.35. The van der Waals surface area contributed by atoms with Gasteiger partial charge in [-0.1, -0.05) is 31.5 Å². The predicted molar refractivity (Wildman–Crippen MR) is 98.5 cm³/mol. The highest BCUT2D eigenvalue weighted by molar-refractivity contribution is 7.89. The van der Waals surface area contributed by atoms with E-state index in [1.54, 1.807) is 26.1 Å². The molecule has 0 aliphatic heterocycles. The van der Waals surface area contributed by atoms with Crippen LogP contribution >= 0.6 is 11.6 Å². The van der Waals surface area contributed by atoms with Gasteiger partial charge in [-0.2, -0.15) is 4.31 Å². The number of nitrogens with one attached hydrogen (secondary N) is 1. The molecule has 0 unspecified atom stereocenters. The van der Waals surface area contributed by atoms with E-state index in [9.17, 15) is 13.2 Å². The van der Waals surface area contributed by atoms with Crippen molar-refractivity contribution in [1.82, 2.24) is 9.29 Å². The molecule has 0 spiro atoms. The molecule has 0 atom stereocenters. The number of aryl methyl sites for hydroxylation is 1. The van der Waals surface area contributed by atoms with Gasteiger partial charge >= 0.3 is 0 Å². The molecule has 0 aliphatic rings. The maximum atomic E-state index is 12.7. The second-order valence-corrected chi connectivity index (χ2v) is 7.72. The first-order chi connectivity index (χ1) is 11.8. The van der Waals surface area contributed by atoms with Gasteiger partial charge in [0.2, 0.25) is 10.0 Å². The lowest BCUT2D eigenvalue weighted by Crippen LogP contribution is -2.31. The minimum atomic E-state index is -3.76. The van der Waals surface area contributed by atoms with Crippen molar-refractivity contribution in [2.45, 2.75) is 25.7 Å². The first-order valence-electron chi connectivity index (χ1n) is 7.83. The molecule has 1 aromatic carbocycles. The highest BCUT2D eigenvalue weighted by atomic mass is 35.5. The zero-order chi connectivity index (χ0) is 18.6. The summed E-state index contributed by atoms with van der Waals surface area (Å²) in [4.78, 5) is 16.4. The lowest BCUT2D eigenvalue weighted by Gasteiger charge is -2.19. The summed E-state index contributed by atoms with van der Waals surface area (Å²) in [5.41, 5.74) is 1.16. The summed E-state index contributed by atoms with van der Waals surface area (Å²) in [5, 5.41) is 2.72. The van der Waals surface area contributed by atoms with Crippen LogP contribution in [0.2, 0.25) is 5.02 Å². The molecule has 0 fully saturated rings. The number of pyridine rings is 1. The van der Waals surface area contributed by atoms with E-state index >= 15 is 0 Å². The maximum absolute atomic E-state index is 12.7. The summed E-state index contributed by atoms with van der Waals surface area (Å²) in [7, 11) is -3.76. The summed E-state index contributed by atoms with van der Waals surface area (Å²) in [6, 6.07) is 7.68. The van der Waals surface area contributed by atoms with Gasteiger partial charge < -0.3 is 5.32 Å². The van der Waals surface area contributed by atoms with Crippen molar-refractivity contribution in [2.75, 3.05) is 18.4 Å². The lowest BCUT2D eigenvalue weighted by atomic mass is 10.2. The third-order valence-electron chi connectivity index (χ3n) is 3.67. The maximum Gasteiger partial charge on any atom is 0.256 e. The monoisotopic (exact) mass is 381 g/mol. The Kier molecular flexibility index (Phi) is 6.16. The van der Waals surface area contributed by atoms with Crippen molar-refractivity contribution in [2.24, 2.45) is 0 Å². The van der Waals surface area contributed by atoms with Crippen LogP contribution in [0, 0.1) is 6.92 Å². The fourth-order valence-electron chi connectivity index (χ4n) is 2.28.